The number of rotatable bonds is 5. The van der Waals surface area contributed by atoms with Gasteiger partial charge < -0.3 is 4.74 Å². The lowest BCUT2D eigenvalue weighted by Crippen LogP contribution is -2.24. The number of hydrogen-bond donors (Lipinski definition) is 0. The molecule has 4 heteroatoms. The van der Waals surface area contributed by atoms with Crippen molar-refractivity contribution >= 4 is 5.97 Å². The molecule has 66 valence electrons. The van der Waals surface area contributed by atoms with Gasteiger partial charge in [0.25, 0.3) is 0 Å². The van der Waals surface area contributed by atoms with E-state index in [1.807, 2.05) is 6.92 Å². The molecule has 0 rings (SSSR count). The first-order valence-electron chi connectivity index (χ1n) is 3.53. The third kappa shape index (κ3) is 3.95. The van der Waals surface area contributed by atoms with Gasteiger partial charge in [-0.1, -0.05) is 13.3 Å². The summed E-state index contributed by atoms with van der Waals surface area (Å²) in [7, 11) is 2.76. The molecule has 0 saturated heterocycles. The Morgan fingerprint density at radius 2 is 2.09 bits per heavy atom. The van der Waals surface area contributed by atoms with Crippen LogP contribution in [0.4, 0.5) is 0 Å². The standard InChI is InChI=1S/C7H14O4/c1-4-5-6(9-2)7(8)11-10-3/h6H,4-5H2,1-3H3. The first-order chi connectivity index (χ1) is 5.26. The summed E-state index contributed by atoms with van der Waals surface area (Å²) in [5.41, 5.74) is 0. The van der Waals surface area contributed by atoms with E-state index in [1.165, 1.54) is 14.2 Å². The van der Waals surface area contributed by atoms with Gasteiger partial charge in [-0.3, -0.25) is 4.89 Å². The van der Waals surface area contributed by atoms with Gasteiger partial charge >= 0.3 is 5.97 Å². The van der Waals surface area contributed by atoms with E-state index in [-0.39, 0.29) is 0 Å². The fourth-order valence-corrected chi connectivity index (χ4v) is 0.730. The third-order valence-electron chi connectivity index (χ3n) is 1.26. The molecule has 0 amide bonds. The van der Waals surface area contributed by atoms with Crippen molar-refractivity contribution in [2.24, 2.45) is 0 Å². The highest BCUT2D eigenvalue weighted by molar-refractivity contribution is 5.73. The van der Waals surface area contributed by atoms with E-state index in [4.69, 9.17) is 4.74 Å². The zero-order valence-electron chi connectivity index (χ0n) is 7.12. The Hall–Kier alpha value is -0.610. The molecule has 0 aromatic heterocycles. The van der Waals surface area contributed by atoms with E-state index in [0.717, 1.165) is 6.42 Å². The molecule has 0 aliphatic rings. The normalized spacial score (nSPS) is 12.6. The van der Waals surface area contributed by atoms with Gasteiger partial charge in [0.2, 0.25) is 0 Å². The third-order valence-corrected chi connectivity index (χ3v) is 1.26. The van der Waals surface area contributed by atoms with Gasteiger partial charge in [-0.25, -0.2) is 4.79 Å². The van der Waals surface area contributed by atoms with Gasteiger partial charge in [0.05, 0.1) is 7.11 Å². The molecule has 1 unspecified atom stereocenters. The first kappa shape index (κ1) is 10.4. The maximum absolute atomic E-state index is 10.9. The van der Waals surface area contributed by atoms with E-state index in [1.54, 1.807) is 0 Å². The Morgan fingerprint density at radius 1 is 1.45 bits per heavy atom. The molecule has 11 heavy (non-hydrogen) atoms. The second-order valence-electron chi connectivity index (χ2n) is 2.08. The minimum Gasteiger partial charge on any atom is -0.370 e. The molecule has 0 aliphatic heterocycles. The maximum atomic E-state index is 10.9. The molecule has 0 N–H and O–H groups in total. The van der Waals surface area contributed by atoms with E-state index in [9.17, 15) is 4.79 Å². The average Bonchev–Trinajstić information content (AvgIpc) is 2.00. The molecule has 0 fully saturated rings. The van der Waals surface area contributed by atoms with Crippen molar-refractivity contribution in [2.75, 3.05) is 14.2 Å². The summed E-state index contributed by atoms with van der Waals surface area (Å²) in [5, 5.41) is 0. The molecule has 1 atom stereocenters. The fraction of sp³-hybridized carbons (Fsp3) is 0.857. The molecule has 0 aromatic carbocycles. The molecule has 0 spiro atoms. The topological polar surface area (TPSA) is 44.8 Å². The van der Waals surface area contributed by atoms with Gasteiger partial charge in [-0.05, 0) is 6.42 Å². The molecule has 4 nitrogen and oxygen atoms in total. The Labute approximate surface area is 66.4 Å². The molecule has 0 aliphatic carbocycles. The van der Waals surface area contributed by atoms with Crippen LogP contribution in [0.15, 0.2) is 0 Å². The van der Waals surface area contributed by atoms with Gasteiger partial charge in [0, 0.05) is 7.11 Å². The molecular weight excluding hydrogens is 148 g/mol. The molecular formula is C7H14O4. The number of methoxy groups -OCH3 is 1. The van der Waals surface area contributed by atoms with Crippen LogP contribution in [0.1, 0.15) is 19.8 Å². The second-order valence-corrected chi connectivity index (χ2v) is 2.08. The van der Waals surface area contributed by atoms with Gasteiger partial charge in [0.15, 0.2) is 6.10 Å². The summed E-state index contributed by atoms with van der Waals surface area (Å²) in [5.74, 6) is -0.475. The van der Waals surface area contributed by atoms with Crippen molar-refractivity contribution in [3.63, 3.8) is 0 Å². The van der Waals surface area contributed by atoms with Crippen LogP contribution < -0.4 is 0 Å². The lowest BCUT2D eigenvalue weighted by Gasteiger charge is -2.10. The first-order valence-corrected chi connectivity index (χ1v) is 3.53. The number of carbonyl (C=O) groups is 1. The Morgan fingerprint density at radius 3 is 2.45 bits per heavy atom. The number of carbonyl (C=O) groups excluding carboxylic acids is 1. The molecule has 0 bridgehead atoms. The van der Waals surface area contributed by atoms with Crippen LogP contribution in [0.5, 0.6) is 0 Å². The zero-order valence-corrected chi connectivity index (χ0v) is 7.12. The van der Waals surface area contributed by atoms with Gasteiger partial charge in [-0.2, -0.15) is 4.89 Å². The molecule has 0 aromatic rings. The number of hydrogen-bond acceptors (Lipinski definition) is 4. The summed E-state index contributed by atoms with van der Waals surface area (Å²) < 4.78 is 4.85. The van der Waals surface area contributed by atoms with Crippen LogP contribution in [-0.4, -0.2) is 26.3 Å². The van der Waals surface area contributed by atoms with E-state index < -0.39 is 12.1 Å². The fourth-order valence-electron chi connectivity index (χ4n) is 0.730. The van der Waals surface area contributed by atoms with Crippen LogP contribution >= 0.6 is 0 Å². The Balaban J connectivity index is 3.71. The van der Waals surface area contributed by atoms with E-state index in [0.29, 0.717) is 6.42 Å². The zero-order chi connectivity index (χ0) is 8.69. The maximum Gasteiger partial charge on any atom is 0.370 e. The second kappa shape index (κ2) is 6.12. The number of ether oxygens (including phenoxy) is 1. The van der Waals surface area contributed by atoms with Crippen LogP contribution in [0.3, 0.4) is 0 Å². The minimum atomic E-state index is -0.500. The van der Waals surface area contributed by atoms with Crippen molar-refractivity contribution in [3.8, 4) is 0 Å². The smallest absolute Gasteiger partial charge is 0.370 e. The van der Waals surface area contributed by atoms with Crippen LogP contribution in [0, 0.1) is 0 Å². The van der Waals surface area contributed by atoms with Crippen LogP contribution in [0.2, 0.25) is 0 Å². The average molecular weight is 162 g/mol. The highest BCUT2D eigenvalue weighted by atomic mass is 17.2. The van der Waals surface area contributed by atoms with Crippen molar-refractivity contribution < 1.29 is 19.3 Å². The predicted octanol–water partition coefficient (Wildman–Crippen LogP) is 0.906. The van der Waals surface area contributed by atoms with E-state index >= 15 is 0 Å². The van der Waals surface area contributed by atoms with Crippen molar-refractivity contribution in [3.05, 3.63) is 0 Å². The predicted molar refractivity (Wildman–Crippen MR) is 38.8 cm³/mol. The summed E-state index contributed by atoms with van der Waals surface area (Å²) in [6, 6.07) is 0. The largest absolute Gasteiger partial charge is 0.370 e. The summed E-state index contributed by atoms with van der Waals surface area (Å²) >= 11 is 0. The highest BCUT2D eigenvalue weighted by Crippen LogP contribution is 2.02. The van der Waals surface area contributed by atoms with Crippen molar-refractivity contribution in [2.45, 2.75) is 25.9 Å². The summed E-state index contributed by atoms with van der Waals surface area (Å²) in [4.78, 5) is 19.4. The molecule has 0 radical (unpaired) electrons. The lowest BCUT2D eigenvalue weighted by molar-refractivity contribution is -0.263. The Bertz CT molecular complexity index is 113. The minimum absolute atomic E-state index is 0.475. The quantitative estimate of drug-likeness (QED) is 0.445. The Kier molecular flexibility index (Phi) is 5.78. The van der Waals surface area contributed by atoms with E-state index in [2.05, 4.69) is 9.78 Å². The van der Waals surface area contributed by atoms with Gasteiger partial charge in [0.1, 0.15) is 0 Å². The molecule has 0 saturated carbocycles. The van der Waals surface area contributed by atoms with Crippen LogP contribution in [0.25, 0.3) is 0 Å². The van der Waals surface area contributed by atoms with Crippen molar-refractivity contribution in [1.29, 1.82) is 0 Å². The van der Waals surface area contributed by atoms with Gasteiger partial charge in [-0.15, -0.1) is 0 Å². The lowest BCUT2D eigenvalue weighted by atomic mass is 10.2. The van der Waals surface area contributed by atoms with Crippen molar-refractivity contribution in [1.82, 2.24) is 0 Å². The summed E-state index contributed by atoms with van der Waals surface area (Å²) in [6.45, 7) is 1.96. The summed E-state index contributed by atoms with van der Waals surface area (Å²) in [6.07, 6.45) is 1.02. The molecule has 0 heterocycles. The highest BCUT2D eigenvalue weighted by Gasteiger charge is 2.18. The van der Waals surface area contributed by atoms with Crippen LogP contribution in [-0.2, 0) is 19.3 Å². The monoisotopic (exact) mass is 162 g/mol. The SMILES string of the molecule is CCCC(OC)C(=O)OOC.